The van der Waals surface area contributed by atoms with Crippen molar-refractivity contribution in [3.05, 3.63) is 23.8 Å². The van der Waals surface area contributed by atoms with Crippen molar-refractivity contribution < 1.29 is 17.9 Å². The summed E-state index contributed by atoms with van der Waals surface area (Å²) in [5.74, 6) is 1.21. The molecule has 0 aliphatic carbocycles. The van der Waals surface area contributed by atoms with E-state index in [0.29, 0.717) is 22.8 Å². The van der Waals surface area contributed by atoms with Gasteiger partial charge in [-0.2, -0.15) is 5.10 Å². The highest BCUT2D eigenvalue weighted by Crippen LogP contribution is 2.24. The van der Waals surface area contributed by atoms with Crippen molar-refractivity contribution in [2.45, 2.75) is 6.92 Å². The molecule has 1 N–H and O–H groups in total. The van der Waals surface area contributed by atoms with Crippen molar-refractivity contribution in [3.8, 4) is 11.5 Å². The first-order valence-electron chi connectivity index (χ1n) is 5.11. The molecule has 0 unspecified atom stereocenters. The molecular formula is C11H16N2O4S. The molecule has 0 heterocycles. The highest BCUT2D eigenvalue weighted by Gasteiger charge is 2.08. The largest absolute Gasteiger partial charge is 0.497 e. The lowest BCUT2D eigenvalue weighted by molar-refractivity contribution is 0.394. The Morgan fingerprint density at radius 2 is 1.94 bits per heavy atom. The van der Waals surface area contributed by atoms with Crippen LogP contribution in [0.4, 0.5) is 0 Å². The van der Waals surface area contributed by atoms with Gasteiger partial charge >= 0.3 is 0 Å². The van der Waals surface area contributed by atoms with E-state index in [4.69, 9.17) is 9.47 Å². The molecule has 100 valence electrons. The number of methoxy groups -OCH3 is 2. The fraction of sp³-hybridized carbons (Fsp3) is 0.364. The summed E-state index contributed by atoms with van der Waals surface area (Å²) < 4.78 is 32.2. The summed E-state index contributed by atoms with van der Waals surface area (Å²) in [7, 11) is -0.283. The van der Waals surface area contributed by atoms with Crippen LogP contribution in [-0.2, 0) is 10.0 Å². The van der Waals surface area contributed by atoms with Gasteiger partial charge < -0.3 is 9.47 Å². The smallest absolute Gasteiger partial charge is 0.244 e. The molecule has 0 aliphatic heterocycles. The van der Waals surface area contributed by atoms with Gasteiger partial charge in [0, 0.05) is 11.6 Å². The summed E-state index contributed by atoms with van der Waals surface area (Å²) in [4.78, 5) is 2.07. The zero-order valence-corrected chi connectivity index (χ0v) is 11.5. The lowest BCUT2D eigenvalue weighted by Gasteiger charge is -2.10. The van der Waals surface area contributed by atoms with E-state index in [0.717, 1.165) is 6.26 Å². The number of ether oxygens (including phenoxy) is 2. The summed E-state index contributed by atoms with van der Waals surface area (Å²) in [5.41, 5.74) is 1.19. The zero-order chi connectivity index (χ0) is 13.8. The van der Waals surface area contributed by atoms with Crippen LogP contribution in [0.2, 0.25) is 0 Å². The monoisotopic (exact) mass is 272 g/mol. The van der Waals surface area contributed by atoms with Crippen LogP contribution in [-0.4, -0.2) is 34.6 Å². The molecule has 0 bridgehead atoms. The molecule has 18 heavy (non-hydrogen) atoms. The first-order chi connectivity index (χ1) is 8.37. The molecule has 0 aromatic heterocycles. The molecular weight excluding hydrogens is 256 g/mol. The van der Waals surface area contributed by atoms with Crippen LogP contribution >= 0.6 is 0 Å². The minimum atomic E-state index is -3.36. The number of hydrazone groups is 1. The highest BCUT2D eigenvalue weighted by atomic mass is 32.2. The number of sulfonamides is 1. The lowest BCUT2D eigenvalue weighted by atomic mass is 10.1. The molecule has 1 rings (SSSR count). The molecule has 0 aliphatic rings. The number of benzene rings is 1. The minimum absolute atomic E-state index is 0.500. The topological polar surface area (TPSA) is 77.0 Å². The summed E-state index contributed by atoms with van der Waals surface area (Å²) in [6.45, 7) is 1.68. The Morgan fingerprint density at radius 3 is 2.44 bits per heavy atom. The van der Waals surface area contributed by atoms with E-state index in [2.05, 4.69) is 9.93 Å². The van der Waals surface area contributed by atoms with Gasteiger partial charge in [0.05, 0.1) is 26.2 Å². The van der Waals surface area contributed by atoms with E-state index in [1.807, 2.05) is 0 Å². The normalized spacial score (nSPS) is 12.1. The Hall–Kier alpha value is -1.76. The number of hydrogen-bond donors (Lipinski definition) is 1. The maximum atomic E-state index is 11.0. The minimum Gasteiger partial charge on any atom is -0.497 e. The van der Waals surface area contributed by atoms with Gasteiger partial charge in [-0.1, -0.05) is 0 Å². The van der Waals surface area contributed by atoms with E-state index >= 15 is 0 Å². The zero-order valence-electron chi connectivity index (χ0n) is 10.7. The number of nitrogens with zero attached hydrogens (tertiary/aromatic N) is 1. The Balaban J connectivity index is 3.09. The standard InChI is InChI=1S/C11H16N2O4S/c1-8(12-13-18(4,14)15)10-6-5-9(16-2)7-11(10)17-3/h5-7,13H,1-4H3. The van der Waals surface area contributed by atoms with Crippen LogP contribution in [0.15, 0.2) is 23.3 Å². The van der Waals surface area contributed by atoms with Gasteiger partial charge in [0.25, 0.3) is 0 Å². The third-order valence-corrected chi connectivity index (χ3v) is 2.60. The number of hydrogen-bond acceptors (Lipinski definition) is 5. The second-order valence-electron chi connectivity index (χ2n) is 3.63. The van der Waals surface area contributed by atoms with Crippen LogP contribution < -0.4 is 14.3 Å². The van der Waals surface area contributed by atoms with E-state index in [9.17, 15) is 8.42 Å². The predicted molar refractivity (Wildman–Crippen MR) is 69.7 cm³/mol. The van der Waals surface area contributed by atoms with Crippen molar-refractivity contribution >= 4 is 15.7 Å². The highest BCUT2D eigenvalue weighted by molar-refractivity contribution is 7.88. The third kappa shape index (κ3) is 3.92. The van der Waals surface area contributed by atoms with E-state index in [1.165, 1.54) is 7.11 Å². The number of nitrogens with one attached hydrogen (secondary N) is 1. The Labute approximate surface area is 107 Å². The molecule has 1 aromatic rings. The molecule has 0 fully saturated rings. The second kappa shape index (κ2) is 5.72. The summed E-state index contributed by atoms with van der Waals surface area (Å²) >= 11 is 0. The Morgan fingerprint density at radius 1 is 1.28 bits per heavy atom. The van der Waals surface area contributed by atoms with Crippen LogP contribution in [0.5, 0.6) is 11.5 Å². The molecule has 0 saturated heterocycles. The van der Waals surface area contributed by atoms with Gasteiger partial charge in [0.1, 0.15) is 11.5 Å². The fourth-order valence-corrected chi connectivity index (χ4v) is 1.61. The molecule has 0 saturated carbocycles. The third-order valence-electron chi connectivity index (χ3n) is 2.18. The molecule has 6 nitrogen and oxygen atoms in total. The molecule has 1 aromatic carbocycles. The average molecular weight is 272 g/mol. The maximum Gasteiger partial charge on any atom is 0.244 e. The van der Waals surface area contributed by atoms with Gasteiger partial charge in [0.15, 0.2) is 0 Å². The van der Waals surface area contributed by atoms with E-state index in [1.54, 1.807) is 32.2 Å². The summed E-state index contributed by atoms with van der Waals surface area (Å²) in [6.07, 6.45) is 1.04. The van der Waals surface area contributed by atoms with Crippen molar-refractivity contribution in [2.75, 3.05) is 20.5 Å². The SMILES string of the molecule is COc1ccc(C(C)=NNS(C)(=O)=O)c(OC)c1. The van der Waals surface area contributed by atoms with Gasteiger partial charge in [0.2, 0.25) is 10.0 Å². The Kier molecular flexibility index (Phi) is 4.55. The van der Waals surface area contributed by atoms with Crippen LogP contribution in [0.1, 0.15) is 12.5 Å². The van der Waals surface area contributed by atoms with Crippen LogP contribution in [0, 0.1) is 0 Å². The Bertz CT molecular complexity index is 552. The van der Waals surface area contributed by atoms with Gasteiger partial charge in [-0.05, 0) is 19.1 Å². The van der Waals surface area contributed by atoms with Crippen molar-refractivity contribution in [1.29, 1.82) is 0 Å². The molecule has 0 radical (unpaired) electrons. The second-order valence-corrected chi connectivity index (χ2v) is 5.35. The van der Waals surface area contributed by atoms with Crippen molar-refractivity contribution in [2.24, 2.45) is 5.10 Å². The fourth-order valence-electron chi connectivity index (χ4n) is 1.31. The first-order valence-corrected chi connectivity index (χ1v) is 7.00. The van der Waals surface area contributed by atoms with Crippen LogP contribution in [0.3, 0.4) is 0 Å². The summed E-state index contributed by atoms with van der Waals surface area (Å²) in [6, 6.07) is 5.20. The van der Waals surface area contributed by atoms with E-state index < -0.39 is 10.0 Å². The average Bonchev–Trinajstić information content (AvgIpc) is 2.34. The lowest BCUT2D eigenvalue weighted by Crippen LogP contribution is -2.17. The van der Waals surface area contributed by atoms with Crippen molar-refractivity contribution in [1.82, 2.24) is 4.83 Å². The predicted octanol–water partition coefficient (Wildman–Crippen LogP) is 0.977. The van der Waals surface area contributed by atoms with Gasteiger partial charge in [-0.25, -0.2) is 13.2 Å². The van der Waals surface area contributed by atoms with Crippen molar-refractivity contribution in [3.63, 3.8) is 0 Å². The van der Waals surface area contributed by atoms with Gasteiger partial charge in [-0.15, -0.1) is 0 Å². The van der Waals surface area contributed by atoms with E-state index in [-0.39, 0.29) is 0 Å². The molecule has 0 amide bonds. The quantitative estimate of drug-likeness (QED) is 0.640. The summed E-state index contributed by atoms with van der Waals surface area (Å²) in [5, 5.41) is 3.79. The molecule has 0 spiro atoms. The first kappa shape index (κ1) is 14.3. The maximum absolute atomic E-state index is 11.0. The van der Waals surface area contributed by atoms with Gasteiger partial charge in [-0.3, -0.25) is 0 Å². The molecule has 0 atom stereocenters. The number of rotatable bonds is 5. The van der Waals surface area contributed by atoms with Crippen LogP contribution in [0.25, 0.3) is 0 Å². The molecule has 7 heteroatoms.